The first-order valence-corrected chi connectivity index (χ1v) is 23.2. The van der Waals surface area contributed by atoms with E-state index in [-0.39, 0.29) is 10.8 Å². The molecule has 1 saturated carbocycles. The van der Waals surface area contributed by atoms with Gasteiger partial charge >= 0.3 is 0 Å². The summed E-state index contributed by atoms with van der Waals surface area (Å²) in [5, 5.41) is 0. The number of nitrogens with zero attached hydrogens (tertiary/aromatic N) is 1. The van der Waals surface area contributed by atoms with E-state index >= 15 is 0 Å². The SMILES string of the molecule is CC1(C)c2ccccc2-c2cccc(-c3cccc(N(c4ccc5c(c4)C4(CCCCC4)c4ccccc4-5)c4ccccc4-c4ccc(-c5ccccc5)c(-c5ccccc5)c4)c3)c21. The molecule has 0 heterocycles. The molecule has 1 nitrogen and oxygen atoms in total. The summed E-state index contributed by atoms with van der Waals surface area (Å²) in [7, 11) is 0. The number of hydrogen-bond acceptors (Lipinski definition) is 1. The predicted octanol–water partition coefficient (Wildman–Crippen LogP) is 17.4. The summed E-state index contributed by atoms with van der Waals surface area (Å²) in [6.07, 6.45) is 6.22. The summed E-state index contributed by atoms with van der Waals surface area (Å²) in [6.45, 7) is 4.79. The van der Waals surface area contributed by atoms with Crippen LogP contribution in [-0.4, -0.2) is 0 Å². The van der Waals surface area contributed by atoms with Crippen LogP contribution in [0, 0.1) is 0 Å². The highest BCUT2D eigenvalue weighted by Crippen LogP contribution is 2.58. The number of anilines is 3. The molecule has 0 unspecified atom stereocenters. The van der Waals surface area contributed by atoms with Crippen LogP contribution in [0.15, 0.2) is 212 Å². The van der Waals surface area contributed by atoms with E-state index in [1.54, 1.807) is 0 Å². The first-order chi connectivity index (χ1) is 31.5. The third-order valence-electron chi connectivity index (χ3n) is 14.9. The van der Waals surface area contributed by atoms with E-state index in [1.165, 1.54) is 127 Å². The fourth-order valence-corrected chi connectivity index (χ4v) is 12.0. The summed E-state index contributed by atoms with van der Waals surface area (Å²) >= 11 is 0. The van der Waals surface area contributed by atoms with Crippen LogP contribution in [0.25, 0.3) is 66.8 Å². The Morgan fingerprint density at radius 1 is 0.328 bits per heavy atom. The average molecular weight is 822 g/mol. The first-order valence-electron chi connectivity index (χ1n) is 23.2. The van der Waals surface area contributed by atoms with E-state index in [0.29, 0.717) is 0 Å². The van der Waals surface area contributed by atoms with E-state index < -0.39 is 0 Å². The molecule has 0 aliphatic heterocycles. The van der Waals surface area contributed by atoms with Crippen LogP contribution in [0.1, 0.15) is 68.2 Å². The highest BCUT2D eigenvalue weighted by Gasteiger charge is 2.44. The van der Waals surface area contributed by atoms with E-state index in [4.69, 9.17) is 0 Å². The lowest BCUT2D eigenvalue weighted by Gasteiger charge is -2.37. The number of rotatable bonds is 7. The Bertz CT molecular complexity index is 3220. The largest absolute Gasteiger partial charge is 0.310 e. The third-order valence-corrected chi connectivity index (χ3v) is 14.9. The molecule has 0 saturated heterocycles. The molecule has 0 radical (unpaired) electrons. The monoisotopic (exact) mass is 821 g/mol. The lowest BCUT2D eigenvalue weighted by Crippen LogP contribution is -2.28. The molecular formula is C63H51N. The van der Waals surface area contributed by atoms with Crippen LogP contribution in [0.3, 0.4) is 0 Å². The fraction of sp³-hybridized carbons (Fsp3) is 0.143. The molecular weight excluding hydrogens is 771 g/mol. The average Bonchev–Trinajstić information content (AvgIpc) is 3.76. The van der Waals surface area contributed by atoms with Crippen molar-refractivity contribution in [1.82, 2.24) is 0 Å². The smallest absolute Gasteiger partial charge is 0.0540 e. The van der Waals surface area contributed by atoms with Crippen LogP contribution < -0.4 is 4.90 Å². The number of benzene rings is 9. The van der Waals surface area contributed by atoms with E-state index in [0.717, 1.165) is 11.4 Å². The van der Waals surface area contributed by atoms with Crippen molar-refractivity contribution in [3.05, 3.63) is 235 Å². The third kappa shape index (κ3) is 6.05. The molecule has 1 fully saturated rings. The van der Waals surface area contributed by atoms with E-state index in [9.17, 15) is 0 Å². The van der Waals surface area contributed by atoms with Crippen LogP contribution in [0.2, 0.25) is 0 Å². The van der Waals surface area contributed by atoms with Crippen molar-refractivity contribution in [2.75, 3.05) is 4.90 Å². The lowest BCUT2D eigenvalue weighted by molar-refractivity contribution is 0.353. The quantitative estimate of drug-likeness (QED) is 0.155. The van der Waals surface area contributed by atoms with Gasteiger partial charge in [-0.05, 0) is 133 Å². The molecule has 0 atom stereocenters. The number of hydrogen-bond donors (Lipinski definition) is 0. The van der Waals surface area contributed by atoms with E-state index in [1.807, 2.05) is 0 Å². The molecule has 9 aromatic rings. The van der Waals surface area contributed by atoms with Crippen molar-refractivity contribution in [2.24, 2.45) is 0 Å². The van der Waals surface area contributed by atoms with Gasteiger partial charge in [0.05, 0.1) is 5.69 Å². The second-order valence-electron chi connectivity index (χ2n) is 18.7. The fourth-order valence-electron chi connectivity index (χ4n) is 12.0. The molecule has 0 aromatic heterocycles. The van der Waals surface area contributed by atoms with Gasteiger partial charge in [-0.25, -0.2) is 0 Å². The van der Waals surface area contributed by atoms with Crippen LogP contribution in [0.5, 0.6) is 0 Å². The number of fused-ring (bicyclic) bond motifs is 8. The van der Waals surface area contributed by atoms with Crippen LogP contribution >= 0.6 is 0 Å². The maximum atomic E-state index is 2.57. The normalized spacial score (nSPS) is 15.0. The van der Waals surface area contributed by atoms with Gasteiger partial charge < -0.3 is 4.90 Å². The molecule has 9 aromatic carbocycles. The second kappa shape index (κ2) is 15.2. The molecule has 12 rings (SSSR count). The van der Waals surface area contributed by atoms with Gasteiger partial charge in [0.2, 0.25) is 0 Å². The van der Waals surface area contributed by atoms with Gasteiger partial charge in [-0.3, -0.25) is 0 Å². The Hall–Kier alpha value is -7.22. The van der Waals surface area contributed by atoms with Crippen molar-refractivity contribution in [1.29, 1.82) is 0 Å². The molecule has 0 N–H and O–H groups in total. The van der Waals surface area contributed by atoms with Crippen molar-refractivity contribution in [3.63, 3.8) is 0 Å². The molecule has 64 heavy (non-hydrogen) atoms. The molecule has 3 aliphatic rings. The summed E-state index contributed by atoms with van der Waals surface area (Å²) in [4.78, 5) is 2.55. The molecule has 308 valence electrons. The Labute approximate surface area is 378 Å². The van der Waals surface area contributed by atoms with Crippen molar-refractivity contribution in [2.45, 2.75) is 56.8 Å². The minimum absolute atomic E-state index is 0.0380. The Morgan fingerprint density at radius 3 is 1.62 bits per heavy atom. The number of para-hydroxylation sites is 1. The maximum Gasteiger partial charge on any atom is 0.0540 e. The van der Waals surface area contributed by atoms with E-state index in [2.05, 4.69) is 231 Å². The van der Waals surface area contributed by atoms with Crippen molar-refractivity contribution < 1.29 is 0 Å². The van der Waals surface area contributed by atoms with Crippen molar-refractivity contribution in [3.8, 4) is 66.8 Å². The van der Waals surface area contributed by atoms with Crippen LogP contribution in [-0.2, 0) is 10.8 Å². The topological polar surface area (TPSA) is 3.24 Å². The maximum absolute atomic E-state index is 2.57. The summed E-state index contributed by atoms with van der Waals surface area (Å²) in [5.74, 6) is 0. The summed E-state index contributed by atoms with van der Waals surface area (Å²) in [5.41, 5.74) is 24.5. The lowest BCUT2D eigenvalue weighted by atomic mass is 9.68. The summed E-state index contributed by atoms with van der Waals surface area (Å²) < 4.78 is 0. The molecule has 1 heteroatoms. The van der Waals surface area contributed by atoms with Gasteiger partial charge in [0.15, 0.2) is 0 Å². The molecule has 3 aliphatic carbocycles. The van der Waals surface area contributed by atoms with Crippen molar-refractivity contribution >= 4 is 17.1 Å². The first kappa shape index (κ1) is 38.5. The van der Waals surface area contributed by atoms with Gasteiger partial charge in [-0.15, -0.1) is 0 Å². The molecule has 0 amide bonds. The summed E-state index contributed by atoms with van der Waals surface area (Å²) in [6, 6.07) is 79.6. The minimum atomic E-state index is -0.128. The molecule has 1 spiro atoms. The second-order valence-corrected chi connectivity index (χ2v) is 18.7. The van der Waals surface area contributed by atoms with Gasteiger partial charge in [0, 0.05) is 27.8 Å². The zero-order valence-electron chi connectivity index (χ0n) is 36.7. The highest BCUT2D eigenvalue weighted by molar-refractivity contribution is 5.95. The Morgan fingerprint density at radius 2 is 0.859 bits per heavy atom. The predicted molar refractivity (Wildman–Crippen MR) is 270 cm³/mol. The standard InChI is InChI=1S/C63H51N/c1-62(2)57-31-13-10-28-53(57)55-30-19-29-51(61(55)62)45-24-18-25-47(40-45)64(48-35-37-54-52-27-11-14-32-58(52)63(59(54)42-48)38-16-5-17-39-63)60-33-15-12-26-50(60)46-34-36-49(43-20-6-3-7-21-43)56(41-46)44-22-8-4-9-23-44/h3-4,6-15,18-37,40-42H,5,16-17,38-39H2,1-2H3. The van der Waals surface area contributed by atoms with Gasteiger partial charge in [-0.1, -0.05) is 209 Å². The van der Waals surface area contributed by atoms with Gasteiger partial charge in [-0.2, -0.15) is 0 Å². The Kier molecular flexibility index (Phi) is 9.16. The zero-order chi connectivity index (χ0) is 42.8. The van der Waals surface area contributed by atoms with Crippen LogP contribution in [0.4, 0.5) is 17.1 Å². The van der Waals surface area contributed by atoms with Gasteiger partial charge in [0.25, 0.3) is 0 Å². The zero-order valence-corrected chi connectivity index (χ0v) is 36.7. The highest BCUT2D eigenvalue weighted by atomic mass is 15.1. The minimum Gasteiger partial charge on any atom is -0.310 e. The Balaban J connectivity index is 1.07. The van der Waals surface area contributed by atoms with Gasteiger partial charge in [0.1, 0.15) is 0 Å². The molecule has 0 bridgehead atoms.